The Morgan fingerprint density at radius 3 is 2.47 bits per heavy atom. The summed E-state index contributed by atoms with van der Waals surface area (Å²) in [6, 6.07) is 8.05. The average Bonchev–Trinajstić information content (AvgIpc) is 3.38. The summed E-state index contributed by atoms with van der Waals surface area (Å²) in [4.78, 5) is 21.1. The highest BCUT2D eigenvalue weighted by Crippen LogP contribution is 2.40. The molecule has 0 saturated heterocycles. The van der Waals surface area contributed by atoms with Crippen molar-refractivity contribution in [3.8, 4) is 27.9 Å². The molecule has 2 aromatic heterocycles. The lowest BCUT2D eigenvalue weighted by Gasteiger charge is -2.32. The van der Waals surface area contributed by atoms with Crippen LogP contribution in [0.3, 0.4) is 0 Å². The first-order chi connectivity index (χ1) is 14.3. The van der Waals surface area contributed by atoms with E-state index in [9.17, 15) is 4.79 Å². The zero-order chi connectivity index (χ0) is 21.6. The Morgan fingerprint density at radius 2 is 1.87 bits per heavy atom. The number of methoxy groups -OCH3 is 2. The summed E-state index contributed by atoms with van der Waals surface area (Å²) in [6.07, 6.45) is 1.55. The third kappa shape index (κ3) is 3.27. The molecule has 1 amide bonds. The molecule has 0 aliphatic carbocycles. The fourth-order valence-corrected chi connectivity index (χ4v) is 4.42. The van der Waals surface area contributed by atoms with E-state index < -0.39 is 0 Å². The largest absolute Gasteiger partial charge is 0.493 e. The van der Waals surface area contributed by atoms with E-state index in [1.54, 1.807) is 30.5 Å². The molecular formula is C23H27N3O3S. The minimum atomic E-state index is -0.292. The summed E-state index contributed by atoms with van der Waals surface area (Å²) >= 11 is 1.62. The highest BCUT2D eigenvalue weighted by atomic mass is 32.1. The molecule has 0 radical (unpaired) electrons. The lowest BCUT2D eigenvalue weighted by Crippen LogP contribution is -2.43. The van der Waals surface area contributed by atoms with Gasteiger partial charge in [0.25, 0.3) is 5.91 Å². The third-order valence-electron chi connectivity index (χ3n) is 5.68. The van der Waals surface area contributed by atoms with Gasteiger partial charge in [-0.2, -0.15) is 0 Å². The molecule has 3 heterocycles. The average molecular weight is 426 g/mol. The number of aromatic nitrogens is 2. The van der Waals surface area contributed by atoms with Crippen LogP contribution < -0.4 is 9.47 Å². The maximum absolute atomic E-state index is 13.4. The summed E-state index contributed by atoms with van der Waals surface area (Å²) in [5, 5.41) is 2.03. The molecule has 0 unspecified atom stereocenters. The maximum Gasteiger partial charge on any atom is 0.274 e. The Kier molecular flexibility index (Phi) is 5.10. The summed E-state index contributed by atoms with van der Waals surface area (Å²) in [5.41, 5.74) is 3.32. The van der Waals surface area contributed by atoms with E-state index in [-0.39, 0.29) is 11.4 Å². The second-order valence-corrected chi connectivity index (χ2v) is 9.36. The molecule has 0 fully saturated rings. The highest BCUT2D eigenvalue weighted by molar-refractivity contribution is 7.13. The Balaban J connectivity index is 1.95. The Bertz CT molecular complexity index is 1090. The van der Waals surface area contributed by atoms with Crippen LogP contribution in [0.15, 0.2) is 29.6 Å². The summed E-state index contributed by atoms with van der Waals surface area (Å²) in [7, 11) is 5.12. The molecule has 7 heteroatoms. The number of imidazole rings is 1. The molecule has 6 nitrogen and oxygen atoms in total. The quantitative estimate of drug-likeness (QED) is 0.614. The topological polar surface area (TPSA) is 56.6 Å². The minimum Gasteiger partial charge on any atom is -0.493 e. The molecule has 158 valence electrons. The van der Waals surface area contributed by atoms with Crippen molar-refractivity contribution in [2.45, 2.75) is 39.2 Å². The van der Waals surface area contributed by atoms with E-state index in [1.165, 1.54) is 0 Å². The van der Waals surface area contributed by atoms with Gasteiger partial charge in [-0.1, -0.05) is 6.07 Å². The first kappa shape index (κ1) is 20.5. The SMILES string of the molecule is COc1cc2c(cc1OC)-n1c(-c3cccs3)nc(C(=O)N(C)C(C)(C)C)c1CC2. The Labute approximate surface area is 181 Å². The van der Waals surface area contributed by atoms with Crippen molar-refractivity contribution < 1.29 is 14.3 Å². The van der Waals surface area contributed by atoms with Gasteiger partial charge >= 0.3 is 0 Å². The monoisotopic (exact) mass is 425 g/mol. The first-order valence-electron chi connectivity index (χ1n) is 9.95. The number of hydrogen-bond acceptors (Lipinski definition) is 5. The van der Waals surface area contributed by atoms with Crippen molar-refractivity contribution in [2.75, 3.05) is 21.3 Å². The van der Waals surface area contributed by atoms with Gasteiger partial charge in [-0.05, 0) is 56.7 Å². The number of aryl methyl sites for hydroxylation is 1. The van der Waals surface area contributed by atoms with Crippen molar-refractivity contribution in [1.82, 2.24) is 14.5 Å². The number of ether oxygens (including phenoxy) is 2. The van der Waals surface area contributed by atoms with Crippen LogP contribution in [-0.4, -0.2) is 47.2 Å². The van der Waals surface area contributed by atoms with Gasteiger partial charge in [-0.3, -0.25) is 9.36 Å². The lowest BCUT2D eigenvalue weighted by atomic mass is 9.99. The second kappa shape index (κ2) is 7.47. The van der Waals surface area contributed by atoms with Crippen LogP contribution >= 0.6 is 11.3 Å². The van der Waals surface area contributed by atoms with Gasteiger partial charge in [0.05, 0.1) is 30.5 Å². The van der Waals surface area contributed by atoms with Crippen LogP contribution in [0.2, 0.25) is 0 Å². The van der Waals surface area contributed by atoms with E-state index in [0.717, 1.165) is 40.5 Å². The lowest BCUT2D eigenvalue weighted by molar-refractivity contribution is 0.0649. The van der Waals surface area contributed by atoms with Crippen molar-refractivity contribution in [1.29, 1.82) is 0 Å². The van der Waals surface area contributed by atoms with Crippen LogP contribution in [0.5, 0.6) is 11.5 Å². The van der Waals surface area contributed by atoms with Gasteiger partial charge in [0, 0.05) is 18.7 Å². The van der Waals surface area contributed by atoms with Crippen molar-refractivity contribution >= 4 is 17.2 Å². The number of thiophene rings is 1. The second-order valence-electron chi connectivity index (χ2n) is 8.41. The van der Waals surface area contributed by atoms with Gasteiger partial charge in [0.1, 0.15) is 0 Å². The standard InChI is InChI=1S/C23H27N3O3S/c1-23(2,3)25(4)22(27)20-15-10-9-14-12-17(28-5)18(29-6)13-16(14)26(15)21(24-20)19-8-7-11-30-19/h7-8,11-13H,9-10H2,1-6H3. The normalized spacial score (nSPS) is 12.9. The van der Waals surface area contributed by atoms with Gasteiger partial charge in [-0.25, -0.2) is 4.98 Å². The molecule has 0 saturated carbocycles. The van der Waals surface area contributed by atoms with Gasteiger partial charge < -0.3 is 14.4 Å². The number of amides is 1. The Morgan fingerprint density at radius 1 is 1.17 bits per heavy atom. The van der Waals surface area contributed by atoms with Crippen LogP contribution in [-0.2, 0) is 12.8 Å². The van der Waals surface area contributed by atoms with Crippen LogP contribution in [0.25, 0.3) is 16.4 Å². The molecule has 0 N–H and O–H groups in total. The van der Waals surface area contributed by atoms with Crippen molar-refractivity contribution in [2.24, 2.45) is 0 Å². The zero-order valence-corrected chi connectivity index (χ0v) is 19.1. The summed E-state index contributed by atoms with van der Waals surface area (Å²) in [6.45, 7) is 6.08. The number of hydrogen-bond donors (Lipinski definition) is 0. The Hall–Kier alpha value is -2.80. The van der Waals surface area contributed by atoms with Gasteiger partial charge in [0.15, 0.2) is 23.0 Å². The number of carbonyl (C=O) groups is 1. The number of rotatable bonds is 4. The molecule has 1 aliphatic heterocycles. The third-order valence-corrected chi connectivity index (χ3v) is 6.55. The van der Waals surface area contributed by atoms with Gasteiger partial charge in [-0.15, -0.1) is 11.3 Å². The van der Waals surface area contributed by atoms with Crippen LogP contribution in [0.4, 0.5) is 0 Å². The smallest absolute Gasteiger partial charge is 0.274 e. The molecule has 3 aromatic rings. The van der Waals surface area contributed by atoms with E-state index in [4.69, 9.17) is 14.5 Å². The first-order valence-corrected chi connectivity index (χ1v) is 10.8. The summed E-state index contributed by atoms with van der Waals surface area (Å²) < 4.78 is 13.2. The molecule has 0 spiro atoms. The van der Waals surface area contributed by atoms with Crippen LogP contribution in [0.1, 0.15) is 42.5 Å². The number of fused-ring (bicyclic) bond motifs is 3. The maximum atomic E-state index is 13.4. The molecular weight excluding hydrogens is 398 g/mol. The molecule has 30 heavy (non-hydrogen) atoms. The minimum absolute atomic E-state index is 0.0574. The predicted octanol–water partition coefficient (Wildman–Crippen LogP) is 4.59. The molecule has 1 aliphatic rings. The van der Waals surface area contributed by atoms with Crippen molar-refractivity contribution in [3.05, 3.63) is 46.6 Å². The number of benzene rings is 1. The molecule has 1 aromatic carbocycles. The fourth-order valence-electron chi connectivity index (χ4n) is 3.72. The molecule has 0 atom stereocenters. The predicted molar refractivity (Wildman–Crippen MR) is 119 cm³/mol. The number of carbonyl (C=O) groups excluding carboxylic acids is 1. The van der Waals surface area contributed by atoms with E-state index in [2.05, 4.69) is 4.57 Å². The van der Waals surface area contributed by atoms with E-state index in [1.807, 2.05) is 57.5 Å². The van der Waals surface area contributed by atoms with E-state index in [0.29, 0.717) is 17.2 Å². The molecule has 4 rings (SSSR count). The van der Waals surface area contributed by atoms with Gasteiger partial charge in [0.2, 0.25) is 0 Å². The number of nitrogens with zero attached hydrogens (tertiary/aromatic N) is 3. The van der Waals surface area contributed by atoms with Crippen LogP contribution in [0, 0.1) is 0 Å². The molecule has 0 bridgehead atoms. The fraction of sp³-hybridized carbons (Fsp3) is 0.391. The highest BCUT2D eigenvalue weighted by Gasteiger charge is 2.33. The van der Waals surface area contributed by atoms with E-state index >= 15 is 0 Å². The zero-order valence-electron chi connectivity index (χ0n) is 18.3. The summed E-state index contributed by atoms with van der Waals surface area (Å²) in [5.74, 6) is 2.10. The van der Waals surface area contributed by atoms with Crippen molar-refractivity contribution in [3.63, 3.8) is 0 Å².